The summed E-state index contributed by atoms with van der Waals surface area (Å²) in [6.07, 6.45) is 17.2. The van der Waals surface area contributed by atoms with Gasteiger partial charge in [0.15, 0.2) is 0 Å². The van der Waals surface area contributed by atoms with Gasteiger partial charge in [-0.25, -0.2) is 0 Å². The van der Waals surface area contributed by atoms with E-state index in [9.17, 15) is 0 Å². The van der Waals surface area contributed by atoms with Crippen LogP contribution in [0, 0.1) is 11.3 Å². The number of unbranched alkanes of at least 4 members (excludes halogenated alkanes) is 4. The molecule has 0 fully saturated rings. The fourth-order valence-corrected chi connectivity index (χ4v) is 2.96. The maximum atomic E-state index is 2.34. The molecule has 0 amide bonds. The molecule has 21 heavy (non-hydrogen) atoms. The second-order valence-corrected chi connectivity index (χ2v) is 7.65. The molecular formula is C21H46. The average molecular weight is 299 g/mol. The van der Waals surface area contributed by atoms with E-state index in [4.69, 9.17) is 0 Å². The van der Waals surface area contributed by atoms with E-state index in [2.05, 4.69) is 48.5 Å². The van der Waals surface area contributed by atoms with Crippen molar-refractivity contribution in [2.75, 3.05) is 0 Å². The SMILES string of the molecule is CC(C)C.CCCCC(CCCC)(CCCC)CCCC. The van der Waals surface area contributed by atoms with Crippen molar-refractivity contribution in [3.05, 3.63) is 0 Å². The first kappa shape index (κ1) is 23.3. The predicted molar refractivity (Wildman–Crippen MR) is 101 cm³/mol. The monoisotopic (exact) mass is 298 g/mol. The van der Waals surface area contributed by atoms with Gasteiger partial charge in [0.05, 0.1) is 0 Å². The molecule has 0 unspecified atom stereocenters. The minimum absolute atomic E-state index is 0.706. The summed E-state index contributed by atoms with van der Waals surface area (Å²) in [6.45, 7) is 15.9. The molecule has 0 bridgehead atoms. The number of hydrogen-bond donors (Lipinski definition) is 0. The lowest BCUT2D eigenvalue weighted by Gasteiger charge is -2.34. The molecule has 0 aliphatic heterocycles. The van der Waals surface area contributed by atoms with Crippen molar-refractivity contribution in [3.8, 4) is 0 Å². The van der Waals surface area contributed by atoms with Gasteiger partial charge in [-0.2, -0.15) is 0 Å². The van der Waals surface area contributed by atoms with E-state index >= 15 is 0 Å². The minimum atomic E-state index is 0.706. The van der Waals surface area contributed by atoms with Crippen molar-refractivity contribution >= 4 is 0 Å². The van der Waals surface area contributed by atoms with E-state index in [-0.39, 0.29) is 0 Å². The summed E-state index contributed by atoms with van der Waals surface area (Å²) in [5.74, 6) is 0.833. The van der Waals surface area contributed by atoms with Gasteiger partial charge in [0.2, 0.25) is 0 Å². The molecule has 0 aromatic rings. The fourth-order valence-electron chi connectivity index (χ4n) is 2.96. The van der Waals surface area contributed by atoms with Crippen LogP contribution in [0.2, 0.25) is 0 Å². The summed E-state index contributed by atoms with van der Waals surface area (Å²) in [4.78, 5) is 0. The summed E-state index contributed by atoms with van der Waals surface area (Å²) in [7, 11) is 0. The quantitative estimate of drug-likeness (QED) is 0.339. The zero-order valence-electron chi connectivity index (χ0n) is 16.6. The lowest BCUT2D eigenvalue weighted by atomic mass is 9.71. The standard InChI is InChI=1S/C17H36.C4H10/c1-5-9-13-17(14-10-6-2,15-11-7-3)16-12-8-4;1-4(2)3/h5-16H2,1-4H3;4H,1-3H3. The molecule has 0 nitrogen and oxygen atoms in total. The second kappa shape index (κ2) is 16.4. The summed E-state index contributed by atoms with van der Waals surface area (Å²) >= 11 is 0. The van der Waals surface area contributed by atoms with E-state index in [0.29, 0.717) is 5.41 Å². The first-order chi connectivity index (χ1) is 9.97. The van der Waals surface area contributed by atoms with Crippen LogP contribution in [0.3, 0.4) is 0 Å². The van der Waals surface area contributed by atoms with Gasteiger partial charge >= 0.3 is 0 Å². The van der Waals surface area contributed by atoms with Gasteiger partial charge in [-0.15, -0.1) is 0 Å². The van der Waals surface area contributed by atoms with Gasteiger partial charge in [-0.1, -0.05) is 99.8 Å². The third kappa shape index (κ3) is 16.2. The smallest absolute Gasteiger partial charge is 0.0297 e. The summed E-state index contributed by atoms with van der Waals surface area (Å²) in [5.41, 5.74) is 0.706. The van der Waals surface area contributed by atoms with Crippen LogP contribution in [0.15, 0.2) is 0 Å². The molecule has 0 aliphatic rings. The maximum Gasteiger partial charge on any atom is -0.0297 e. The van der Waals surface area contributed by atoms with Gasteiger partial charge in [0.25, 0.3) is 0 Å². The van der Waals surface area contributed by atoms with Crippen LogP contribution in [-0.4, -0.2) is 0 Å². The molecule has 0 aliphatic carbocycles. The zero-order valence-corrected chi connectivity index (χ0v) is 16.6. The molecule has 0 aromatic heterocycles. The molecule has 0 N–H and O–H groups in total. The molecule has 0 saturated carbocycles. The van der Waals surface area contributed by atoms with Gasteiger partial charge in [-0.3, -0.25) is 0 Å². The fraction of sp³-hybridized carbons (Fsp3) is 1.00. The molecule has 0 rings (SSSR count). The van der Waals surface area contributed by atoms with Crippen molar-refractivity contribution in [2.24, 2.45) is 11.3 Å². The Bertz CT molecular complexity index is 140. The van der Waals surface area contributed by atoms with Gasteiger partial charge in [0, 0.05) is 0 Å². The van der Waals surface area contributed by atoms with Crippen LogP contribution in [0.25, 0.3) is 0 Å². The molecule has 0 atom stereocenters. The molecule has 0 saturated heterocycles. The van der Waals surface area contributed by atoms with Gasteiger partial charge in [-0.05, 0) is 37.0 Å². The molecule has 0 radical (unpaired) electrons. The van der Waals surface area contributed by atoms with Crippen molar-refractivity contribution < 1.29 is 0 Å². The predicted octanol–water partition coefficient (Wildman–Crippen LogP) is 8.40. The summed E-state index contributed by atoms with van der Waals surface area (Å²) < 4.78 is 0. The average Bonchev–Trinajstić information content (AvgIpc) is 2.45. The lowest BCUT2D eigenvalue weighted by Crippen LogP contribution is -2.21. The Labute approximate surface area is 137 Å². The van der Waals surface area contributed by atoms with E-state index < -0.39 is 0 Å². The van der Waals surface area contributed by atoms with E-state index in [1.54, 1.807) is 0 Å². The highest BCUT2D eigenvalue weighted by Gasteiger charge is 2.27. The Balaban J connectivity index is 0. The Kier molecular flexibility index (Phi) is 18.1. The molecule has 0 heteroatoms. The van der Waals surface area contributed by atoms with Crippen molar-refractivity contribution in [1.29, 1.82) is 0 Å². The highest BCUT2D eigenvalue weighted by Crippen LogP contribution is 2.41. The normalized spacial score (nSPS) is 11.4. The summed E-state index contributed by atoms with van der Waals surface area (Å²) in [6, 6.07) is 0. The van der Waals surface area contributed by atoms with Gasteiger partial charge in [0.1, 0.15) is 0 Å². The number of hydrogen-bond acceptors (Lipinski definition) is 0. The highest BCUT2D eigenvalue weighted by molar-refractivity contribution is 4.79. The largest absolute Gasteiger partial charge is 0.0654 e. The van der Waals surface area contributed by atoms with E-state index in [0.717, 1.165) is 5.92 Å². The molecule has 0 heterocycles. The van der Waals surface area contributed by atoms with Crippen molar-refractivity contribution in [1.82, 2.24) is 0 Å². The van der Waals surface area contributed by atoms with E-state index in [1.807, 2.05) is 0 Å². The lowest BCUT2D eigenvalue weighted by molar-refractivity contribution is 0.177. The van der Waals surface area contributed by atoms with Crippen LogP contribution in [-0.2, 0) is 0 Å². The van der Waals surface area contributed by atoms with Crippen LogP contribution < -0.4 is 0 Å². The van der Waals surface area contributed by atoms with Crippen LogP contribution >= 0.6 is 0 Å². The topological polar surface area (TPSA) is 0 Å². The Morgan fingerprint density at radius 1 is 0.524 bits per heavy atom. The Hall–Kier alpha value is 0. The van der Waals surface area contributed by atoms with Crippen molar-refractivity contribution in [3.63, 3.8) is 0 Å². The first-order valence-corrected chi connectivity index (χ1v) is 9.97. The van der Waals surface area contributed by atoms with Gasteiger partial charge < -0.3 is 0 Å². The summed E-state index contributed by atoms with van der Waals surface area (Å²) in [5, 5.41) is 0. The van der Waals surface area contributed by atoms with Crippen LogP contribution in [0.4, 0.5) is 0 Å². The molecule has 130 valence electrons. The third-order valence-corrected chi connectivity index (χ3v) is 4.24. The maximum absolute atomic E-state index is 2.34. The zero-order chi connectivity index (χ0) is 16.6. The second-order valence-electron chi connectivity index (χ2n) is 7.65. The Morgan fingerprint density at radius 3 is 0.857 bits per heavy atom. The molecular weight excluding hydrogens is 252 g/mol. The van der Waals surface area contributed by atoms with Crippen LogP contribution in [0.1, 0.15) is 126 Å². The third-order valence-electron chi connectivity index (χ3n) is 4.24. The highest BCUT2D eigenvalue weighted by atomic mass is 14.3. The molecule has 0 aromatic carbocycles. The van der Waals surface area contributed by atoms with Crippen LogP contribution in [0.5, 0.6) is 0 Å². The minimum Gasteiger partial charge on any atom is -0.0654 e. The van der Waals surface area contributed by atoms with Crippen molar-refractivity contribution in [2.45, 2.75) is 126 Å². The van der Waals surface area contributed by atoms with E-state index in [1.165, 1.54) is 77.0 Å². The first-order valence-electron chi connectivity index (χ1n) is 9.97. The molecule has 0 spiro atoms. The number of rotatable bonds is 12. The Morgan fingerprint density at radius 2 is 0.714 bits per heavy atom.